The molecule has 0 bridgehead atoms. The van der Waals surface area contributed by atoms with Crippen LogP contribution in [-0.2, 0) is 0 Å². The van der Waals surface area contributed by atoms with Crippen LogP contribution >= 0.6 is 11.8 Å². The fourth-order valence-corrected chi connectivity index (χ4v) is 4.26. The van der Waals surface area contributed by atoms with E-state index in [1.165, 1.54) is 6.42 Å². The van der Waals surface area contributed by atoms with Crippen molar-refractivity contribution in [2.75, 3.05) is 0 Å². The molecule has 1 aliphatic carbocycles. The summed E-state index contributed by atoms with van der Waals surface area (Å²) in [5.74, 6) is 0. The number of hydrogen-bond donors (Lipinski definition) is 2. The Morgan fingerprint density at radius 1 is 1.53 bits per heavy atom. The fourth-order valence-electron chi connectivity index (χ4n) is 2.63. The smallest absolute Gasteiger partial charge is 0.327 e. The van der Waals surface area contributed by atoms with Gasteiger partial charge in [-0.15, -0.1) is 5.10 Å². The van der Waals surface area contributed by atoms with E-state index in [-0.39, 0.29) is 17.8 Å². The van der Waals surface area contributed by atoms with Crippen molar-refractivity contribution >= 4 is 11.8 Å². The third-order valence-electron chi connectivity index (χ3n) is 3.83. The summed E-state index contributed by atoms with van der Waals surface area (Å²) < 4.78 is 1.71. The van der Waals surface area contributed by atoms with Crippen molar-refractivity contribution < 1.29 is 0 Å². The zero-order chi connectivity index (χ0) is 14.2. The topological polar surface area (TPSA) is 76.7 Å². The average molecular weight is 284 g/mol. The Bertz CT molecular complexity index is 491. The Hall–Kier alpha value is -0.750. The van der Waals surface area contributed by atoms with Crippen LogP contribution in [-0.4, -0.2) is 26.1 Å². The number of aromatic nitrogens is 3. The summed E-state index contributed by atoms with van der Waals surface area (Å²) in [5.41, 5.74) is 6.42. The molecule has 6 heteroatoms. The molecule has 5 nitrogen and oxygen atoms in total. The summed E-state index contributed by atoms with van der Waals surface area (Å²) >= 11 is 1.65. The lowest BCUT2D eigenvalue weighted by Crippen LogP contribution is -2.41. The molecule has 0 spiro atoms. The van der Waals surface area contributed by atoms with E-state index in [0.717, 1.165) is 18.0 Å². The Balaban J connectivity index is 2.18. The van der Waals surface area contributed by atoms with Gasteiger partial charge in [-0.2, -0.15) is 0 Å². The van der Waals surface area contributed by atoms with Crippen LogP contribution < -0.4 is 11.4 Å². The Morgan fingerprint density at radius 2 is 2.21 bits per heavy atom. The first-order valence-corrected chi connectivity index (χ1v) is 7.77. The number of hydrogen-bond acceptors (Lipinski definition) is 4. The molecule has 1 saturated carbocycles. The Kier molecular flexibility index (Phi) is 4.11. The molecule has 19 heavy (non-hydrogen) atoms. The lowest BCUT2D eigenvalue weighted by molar-refractivity contribution is 0.232. The summed E-state index contributed by atoms with van der Waals surface area (Å²) in [6.07, 6.45) is 3.28. The van der Waals surface area contributed by atoms with Crippen molar-refractivity contribution in [2.24, 2.45) is 11.1 Å². The predicted octanol–water partition coefficient (Wildman–Crippen LogP) is 2.15. The van der Waals surface area contributed by atoms with Crippen LogP contribution in [0.15, 0.2) is 9.95 Å². The van der Waals surface area contributed by atoms with Gasteiger partial charge in [-0.25, -0.2) is 9.89 Å². The van der Waals surface area contributed by atoms with E-state index in [1.54, 1.807) is 16.3 Å². The first-order valence-electron chi connectivity index (χ1n) is 6.89. The van der Waals surface area contributed by atoms with E-state index in [1.807, 2.05) is 13.8 Å². The minimum Gasteiger partial charge on any atom is -0.327 e. The molecule has 0 aromatic carbocycles. The van der Waals surface area contributed by atoms with Crippen LogP contribution in [0, 0.1) is 5.41 Å². The molecule has 1 aromatic heterocycles. The quantitative estimate of drug-likeness (QED) is 0.891. The van der Waals surface area contributed by atoms with Crippen molar-refractivity contribution in [2.45, 2.75) is 69.4 Å². The maximum atomic E-state index is 11.7. The summed E-state index contributed by atoms with van der Waals surface area (Å²) in [6.45, 7) is 8.55. The lowest BCUT2D eigenvalue weighted by atomic mass is 9.75. The highest BCUT2D eigenvalue weighted by molar-refractivity contribution is 7.99. The van der Waals surface area contributed by atoms with Gasteiger partial charge in [0, 0.05) is 17.3 Å². The summed E-state index contributed by atoms with van der Waals surface area (Å²) in [5, 5.41) is 7.78. The SMILES string of the molecule is CC(C)n1c(SC2CC(C)(C)CCC2N)n[nH]c1=O. The van der Waals surface area contributed by atoms with Crippen molar-refractivity contribution in [3.05, 3.63) is 10.5 Å². The monoisotopic (exact) mass is 284 g/mol. The predicted molar refractivity (Wildman–Crippen MR) is 78.5 cm³/mol. The van der Waals surface area contributed by atoms with Crippen LogP contribution in [0.3, 0.4) is 0 Å². The molecular formula is C13H24N4OS. The molecule has 2 unspecified atom stereocenters. The highest BCUT2D eigenvalue weighted by Crippen LogP contribution is 2.41. The van der Waals surface area contributed by atoms with Gasteiger partial charge in [0.2, 0.25) is 0 Å². The van der Waals surface area contributed by atoms with Gasteiger partial charge in [0.15, 0.2) is 5.16 Å². The molecule has 108 valence electrons. The third kappa shape index (κ3) is 3.23. The molecule has 0 aliphatic heterocycles. The molecule has 1 heterocycles. The number of nitrogens with one attached hydrogen (secondary N) is 1. The first kappa shape index (κ1) is 14.7. The number of rotatable bonds is 3. The maximum Gasteiger partial charge on any atom is 0.344 e. The molecule has 2 atom stereocenters. The van der Waals surface area contributed by atoms with Gasteiger partial charge in [0.25, 0.3) is 0 Å². The van der Waals surface area contributed by atoms with E-state index in [0.29, 0.717) is 10.7 Å². The first-order chi connectivity index (χ1) is 8.80. The largest absolute Gasteiger partial charge is 0.344 e. The number of aromatic amines is 1. The van der Waals surface area contributed by atoms with Gasteiger partial charge < -0.3 is 5.73 Å². The zero-order valence-corrected chi connectivity index (χ0v) is 13.0. The van der Waals surface area contributed by atoms with Crippen LogP contribution in [0.4, 0.5) is 0 Å². The average Bonchev–Trinajstić information content (AvgIpc) is 2.65. The standard InChI is InChI=1S/C13H24N4OS/c1-8(2)17-11(18)15-16-12(17)19-10-7-13(3,4)6-5-9(10)14/h8-10H,5-7,14H2,1-4H3,(H,15,18). The van der Waals surface area contributed by atoms with Gasteiger partial charge in [-0.05, 0) is 38.5 Å². The van der Waals surface area contributed by atoms with Crippen LogP contribution in [0.2, 0.25) is 0 Å². The fraction of sp³-hybridized carbons (Fsp3) is 0.846. The molecule has 0 amide bonds. The third-order valence-corrected chi connectivity index (χ3v) is 5.15. The van der Waals surface area contributed by atoms with Crippen LogP contribution in [0.25, 0.3) is 0 Å². The summed E-state index contributed by atoms with van der Waals surface area (Å²) in [6, 6.07) is 0.298. The second kappa shape index (κ2) is 5.32. The number of H-pyrrole nitrogens is 1. The van der Waals surface area contributed by atoms with Crippen molar-refractivity contribution in [3.8, 4) is 0 Å². The van der Waals surface area contributed by atoms with Crippen molar-refractivity contribution in [1.82, 2.24) is 14.8 Å². The van der Waals surface area contributed by atoms with E-state index >= 15 is 0 Å². The van der Waals surface area contributed by atoms with E-state index < -0.39 is 0 Å². The second-order valence-electron chi connectivity index (χ2n) is 6.50. The summed E-state index contributed by atoms with van der Waals surface area (Å²) in [7, 11) is 0. The molecule has 1 aromatic rings. The molecule has 3 N–H and O–H groups in total. The second-order valence-corrected chi connectivity index (χ2v) is 7.71. The van der Waals surface area contributed by atoms with Gasteiger partial charge >= 0.3 is 5.69 Å². The van der Waals surface area contributed by atoms with Gasteiger partial charge in [-0.3, -0.25) is 4.57 Å². The zero-order valence-electron chi connectivity index (χ0n) is 12.1. The van der Waals surface area contributed by atoms with E-state index in [2.05, 4.69) is 24.0 Å². The Morgan fingerprint density at radius 3 is 2.84 bits per heavy atom. The van der Waals surface area contributed by atoms with Gasteiger partial charge in [0.1, 0.15) is 0 Å². The maximum absolute atomic E-state index is 11.7. The number of thioether (sulfide) groups is 1. The van der Waals surface area contributed by atoms with E-state index in [9.17, 15) is 4.79 Å². The number of nitrogens with two attached hydrogens (primary N) is 1. The lowest BCUT2D eigenvalue weighted by Gasteiger charge is -2.38. The Labute approximate surface area is 118 Å². The molecule has 0 radical (unpaired) electrons. The molecule has 2 rings (SSSR count). The summed E-state index contributed by atoms with van der Waals surface area (Å²) in [4.78, 5) is 11.7. The molecule has 0 saturated heterocycles. The minimum atomic E-state index is -0.138. The normalized spacial score (nSPS) is 26.8. The van der Waals surface area contributed by atoms with Crippen molar-refractivity contribution in [1.29, 1.82) is 0 Å². The highest BCUT2D eigenvalue weighted by Gasteiger charge is 2.34. The minimum absolute atomic E-state index is 0.113. The molecule has 1 fully saturated rings. The number of nitrogens with zero attached hydrogens (tertiary/aromatic N) is 2. The van der Waals surface area contributed by atoms with E-state index in [4.69, 9.17) is 5.73 Å². The highest BCUT2D eigenvalue weighted by atomic mass is 32.2. The molecule has 1 aliphatic rings. The van der Waals surface area contributed by atoms with Crippen molar-refractivity contribution in [3.63, 3.8) is 0 Å². The van der Waals surface area contributed by atoms with Crippen LogP contribution in [0.1, 0.15) is 53.0 Å². The molecular weight excluding hydrogens is 260 g/mol. The van der Waals surface area contributed by atoms with Gasteiger partial charge in [-0.1, -0.05) is 25.6 Å². The van der Waals surface area contributed by atoms with Crippen LogP contribution in [0.5, 0.6) is 0 Å². The van der Waals surface area contributed by atoms with Gasteiger partial charge in [0.05, 0.1) is 0 Å².